The van der Waals surface area contributed by atoms with E-state index in [0.717, 1.165) is 36.5 Å². The van der Waals surface area contributed by atoms with Crippen LogP contribution in [-0.2, 0) is 0 Å². The summed E-state index contributed by atoms with van der Waals surface area (Å²) in [7, 11) is 0. The Labute approximate surface area is 173 Å². The van der Waals surface area contributed by atoms with Crippen molar-refractivity contribution < 1.29 is 5.11 Å². The van der Waals surface area contributed by atoms with Gasteiger partial charge >= 0.3 is 0 Å². The molecule has 4 aliphatic rings. The van der Waals surface area contributed by atoms with Gasteiger partial charge < -0.3 is 5.11 Å². The lowest BCUT2D eigenvalue weighted by Crippen LogP contribution is -2.45. The van der Waals surface area contributed by atoms with Crippen molar-refractivity contribution in [3.63, 3.8) is 0 Å². The van der Waals surface area contributed by atoms with E-state index in [0.29, 0.717) is 17.1 Å². The molecule has 1 heteroatoms. The van der Waals surface area contributed by atoms with Gasteiger partial charge in [0, 0.05) is 6.42 Å². The zero-order valence-electron chi connectivity index (χ0n) is 18.9. The molecule has 0 aromatic heterocycles. The number of fused-ring (bicyclic) bond motifs is 5. The standard InChI is InChI=1S/C27H42O/c1-18(2)7-6-8-19(3)23-11-12-24-22-10-9-20-17-21(28)13-15-26(20,4)25(22)14-16-27(23,24)5/h9-10,17-19,23-25,28H,6-8,11-16H2,1-5H3/t19-,23-,24-,25+,26+,27-/m1/s1. The fourth-order valence-electron chi connectivity index (χ4n) is 7.69. The van der Waals surface area contributed by atoms with Crippen molar-refractivity contribution in [1.29, 1.82) is 0 Å². The lowest BCUT2D eigenvalue weighted by molar-refractivity contribution is 0.0510. The van der Waals surface area contributed by atoms with Gasteiger partial charge in [-0.1, -0.05) is 71.6 Å². The van der Waals surface area contributed by atoms with Gasteiger partial charge in [-0.05, 0) is 84.2 Å². The molecule has 2 fully saturated rings. The molecule has 2 saturated carbocycles. The number of allylic oxidation sites excluding steroid dienone is 6. The second kappa shape index (κ2) is 7.37. The molecule has 1 N–H and O–H groups in total. The SMILES string of the molecule is CC(C)CCC[C@@H](C)[C@H]1CC[C@@H]2C3=CC=C4C=C(O)CC[C@]4(C)[C@H]3CC[C@@]21C. The highest BCUT2D eigenvalue weighted by Crippen LogP contribution is 2.65. The summed E-state index contributed by atoms with van der Waals surface area (Å²) in [4.78, 5) is 0. The van der Waals surface area contributed by atoms with Gasteiger partial charge in [-0.3, -0.25) is 0 Å². The summed E-state index contributed by atoms with van der Waals surface area (Å²) in [5, 5.41) is 10.1. The lowest BCUT2D eigenvalue weighted by atomic mass is 9.50. The van der Waals surface area contributed by atoms with Crippen LogP contribution >= 0.6 is 0 Å². The van der Waals surface area contributed by atoms with Crippen LogP contribution in [0.5, 0.6) is 0 Å². The van der Waals surface area contributed by atoms with Crippen LogP contribution in [0.15, 0.2) is 35.1 Å². The molecule has 0 unspecified atom stereocenters. The summed E-state index contributed by atoms with van der Waals surface area (Å²) < 4.78 is 0. The Bertz CT molecular complexity index is 695. The Morgan fingerprint density at radius 3 is 2.54 bits per heavy atom. The van der Waals surface area contributed by atoms with Crippen LogP contribution in [0.3, 0.4) is 0 Å². The maximum absolute atomic E-state index is 10.1. The normalized spacial score (nSPS) is 40.8. The second-order valence-electron chi connectivity index (χ2n) is 11.5. The zero-order chi connectivity index (χ0) is 20.1. The third-order valence-electron chi connectivity index (χ3n) is 9.42. The van der Waals surface area contributed by atoms with E-state index in [2.05, 4.69) is 52.8 Å². The van der Waals surface area contributed by atoms with Crippen molar-refractivity contribution >= 4 is 0 Å². The smallest absolute Gasteiger partial charge is 0.0925 e. The topological polar surface area (TPSA) is 20.2 Å². The average molecular weight is 383 g/mol. The quantitative estimate of drug-likeness (QED) is 0.510. The molecule has 0 heterocycles. The fourth-order valence-corrected chi connectivity index (χ4v) is 7.69. The molecule has 0 saturated heterocycles. The van der Waals surface area contributed by atoms with E-state index in [4.69, 9.17) is 0 Å². The largest absolute Gasteiger partial charge is 0.512 e. The molecule has 0 aromatic rings. The van der Waals surface area contributed by atoms with Gasteiger partial charge in [-0.25, -0.2) is 0 Å². The Morgan fingerprint density at radius 2 is 1.79 bits per heavy atom. The van der Waals surface area contributed by atoms with Crippen LogP contribution < -0.4 is 0 Å². The Kier molecular flexibility index (Phi) is 5.34. The minimum absolute atomic E-state index is 0.249. The third-order valence-corrected chi connectivity index (χ3v) is 9.42. The van der Waals surface area contributed by atoms with E-state index >= 15 is 0 Å². The first-order valence-electron chi connectivity index (χ1n) is 12.1. The molecule has 4 rings (SSSR count). The van der Waals surface area contributed by atoms with E-state index in [-0.39, 0.29) is 5.41 Å². The lowest BCUT2D eigenvalue weighted by Gasteiger charge is -2.54. The highest BCUT2D eigenvalue weighted by molar-refractivity contribution is 5.44. The monoisotopic (exact) mass is 382 g/mol. The molecule has 6 atom stereocenters. The van der Waals surface area contributed by atoms with Crippen molar-refractivity contribution in [2.45, 2.75) is 92.4 Å². The van der Waals surface area contributed by atoms with E-state index < -0.39 is 0 Å². The molecule has 4 aliphatic carbocycles. The van der Waals surface area contributed by atoms with Gasteiger partial charge in [0.2, 0.25) is 0 Å². The van der Waals surface area contributed by atoms with E-state index in [1.807, 2.05) is 0 Å². The molecule has 0 bridgehead atoms. The van der Waals surface area contributed by atoms with E-state index in [1.54, 1.807) is 5.57 Å². The zero-order valence-corrected chi connectivity index (χ0v) is 18.9. The molecule has 0 aliphatic heterocycles. The predicted molar refractivity (Wildman–Crippen MR) is 119 cm³/mol. The maximum atomic E-state index is 10.1. The summed E-state index contributed by atoms with van der Waals surface area (Å²) in [5.41, 5.74) is 3.91. The van der Waals surface area contributed by atoms with Crippen molar-refractivity contribution in [2.24, 2.45) is 40.4 Å². The van der Waals surface area contributed by atoms with E-state index in [1.165, 1.54) is 50.5 Å². The van der Waals surface area contributed by atoms with Crippen molar-refractivity contribution in [2.75, 3.05) is 0 Å². The maximum Gasteiger partial charge on any atom is 0.0925 e. The third kappa shape index (κ3) is 3.21. The minimum Gasteiger partial charge on any atom is -0.512 e. The van der Waals surface area contributed by atoms with Crippen molar-refractivity contribution in [3.05, 3.63) is 35.1 Å². The summed E-state index contributed by atoms with van der Waals surface area (Å²) in [6, 6.07) is 0. The molecule has 28 heavy (non-hydrogen) atoms. The molecule has 0 radical (unpaired) electrons. The van der Waals surface area contributed by atoms with Crippen LogP contribution in [0.25, 0.3) is 0 Å². The van der Waals surface area contributed by atoms with Gasteiger partial charge in [-0.15, -0.1) is 0 Å². The Balaban J connectivity index is 1.55. The molecular weight excluding hydrogens is 340 g/mol. The van der Waals surface area contributed by atoms with Crippen LogP contribution in [0.2, 0.25) is 0 Å². The Morgan fingerprint density at radius 1 is 1.00 bits per heavy atom. The van der Waals surface area contributed by atoms with Crippen LogP contribution in [0, 0.1) is 40.4 Å². The molecule has 1 nitrogen and oxygen atoms in total. The highest BCUT2D eigenvalue weighted by atomic mass is 16.3. The molecule has 0 spiro atoms. The minimum atomic E-state index is 0.249. The molecule has 156 valence electrons. The summed E-state index contributed by atoms with van der Waals surface area (Å²) in [6.07, 6.45) is 18.7. The van der Waals surface area contributed by atoms with Gasteiger partial charge in [0.05, 0.1) is 5.76 Å². The second-order valence-corrected chi connectivity index (χ2v) is 11.5. The first-order valence-corrected chi connectivity index (χ1v) is 12.1. The number of aliphatic hydroxyl groups excluding tert-OH is 1. The van der Waals surface area contributed by atoms with Crippen LogP contribution in [0.4, 0.5) is 0 Å². The average Bonchev–Trinajstić information content (AvgIpc) is 2.99. The number of hydrogen-bond donors (Lipinski definition) is 1. The molecule has 0 amide bonds. The summed E-state index contributed by atoms with van der Waals surface area (Å²) in [6.45, 7) is 12.4. The predicted octanol–water partition coefficient (Wildman–Crippen LogP) is 8.00. The van der Waals surface area contributed by atoms with Crippen molar-refractivity contribution in [1.82, 2.24) is 0 Å². The number of rotatable bonds is 5. The molecular formula is C27H42O. The van der Waals surface area contributed by atoms with Gasteiger partial charge in [0.25, 0.3) is 0 Å². The van der Waals surface area contributed by atoms with Crippen LogP contribution in [-0.4, -0.2) is 5.11 Å². The van der Waals surface area contributed by atoms with E-state index in [9.17, 15) is 5.11 Å². The van der Waals surface area contributed by atoms with Gasteiger partial charge in [0.1, 0.15) is 0 Å². The first-order chi connectivity index (χ1) is 13.3. The van der Waals surface area contributed by atoms with Crippen LogP contribution in [0.1, 0.15) is 92.4 Å². The van der Waals surface area contributed by atoms with Gasteiger partial charge in [-0.2, -0.15) is 0 Å². The summed E-state index contributed by atoms with van der Waals surface area (Å²) >= 11 is 0. The van der Waals surface area contributed by atoms with Gasteiger partial charge in [0.15, 0.2) is 0 Å². The highest BCUT2D eigenvalue weighted by Gasteiger charge is 2.56. The first kappa shape index (κ1) is 20.3. The molecule has 0 aromatic carbocycles. The number of aliphatic hydroxyl groups is 1. The fraction of sp³-hybridized carbons (Fsp3) is 0.778. The Hall–Kier alpha value is -0.980. The summed E-state index contributed by atoms with van der Waals surface area (Å²) in [5.74, 6) is 4.68. The number of hydrogen-bond acceptors (Lipinski definition) is 1. The van der Waals surface area contributed by atoms with Crippen molar-refractivity contribution in [3.8, 4) is 0 Å².